The smallest absolute Gasteiger partial charge is 0.237 e. The van der Waals surface area contributed by atoms with Crippen LogP contribution < -0.4 is 11.1 Å². The molecule has 100 valence electrons. The van der Waals surface area contributed by atoms with E-state index in [9.17, 15) is 4.79 Å². The number of methoxy groups -OCH3 is 1. The SMILES string of the molecule is COC(C)(C)CC(C)(NC1CCCC1)C(N)=O. The molecular formula is C13H26N2O2. The maximum Gasteiger partial charge on any atom is 0.237 e. The summed E-state index contributed by atoms with van der Waals surface area (Å²) in [4.78, 5) is 11.7. The summed E-state index contributed by atoms with van der Waals surface area (Å²) in [7, 11) is 1.66. The molecule has 1 aliphatic carbocycles. The normalized spacial score (nSPS) is 21.4. The second-order valence-corrected chi connectivity index (χ2v) is 5.96. The van der Waals surface area contributed by atoms with Crippen LogP contribution in [0, 0.1) is 0 Å². The van der Waals surface area contributed by atoms with Gasteiger partial charge in [-0.25, -0.2) is 0 Å². The molecule has 1 fully saturated rings. The fraction of sp³-hybridized carbons (Fsp3) is 0.923. The topological polar surface area (TPSA) is 64.3 Å². The molecule has 1 atom stereocenters. The summed E-state index contributed by atoms with van der Waals surface area (Å²) in [6.45, 7) is 5.84. The van der Waals surface area contributed by atoms with Gasteiger partial charge in [0.05, 0.1) is 11.1 Å². The Morgan fingerprint density at radius 3 is 2.29 bits per heavy atom. The molecule has 4 heteroatoms. The Labute approximate surface area is 104 Å². The van der Waals surface area contributed by atoms with E-state index in [1.165, 1.54) is 12.8 Å². The molecule has 1 rings (SSSR count). The van der Waals surface area contributed by atoms with Gasteiger partial charge in [0.2, 0.25) is 5.91 Å². The first-order chi connectivity index (χ1) is 7.79. The maximum atomic E-state index is 11.7. The van der Waals surface area contributed by atoms with Crippen LogP contribution in [0.4, 0.5) is 0 Å². The predicted octanol–water partition coefficient (Wildman–Crippen LogP) is 1.58. The van der Waals surface area contributed by atoms with Gasteiger partial charge >= 0.3 is 0 Å². The van der Waals surface area contributed by atoms with Crippen LogP contribution in [0.1, 0.15) is 52.9 Å². The van der Waals surface area contributed by atoms with Gasteiger partial charge < -0.3 is 15.8 Å². The number of rotatable bonds is 6. The van der Waals surface area contributed by atoms with Gasteiger partial charge in [0.25, 0.3) is 0 Å². The van der Waals surface area contributed by atoms with Gasteiger partial charge in [0, 0.05) is 19.6 Å². The fourth-order valence-corrected chi connectivity index (χ4v) is 2.65. The minimum atomic E-state index is -0.686. The second kappa shape index (κ2) is 5.36. The van der Waals surface area contributed by atoms with Crippen LogP contribution >= 0.6 is 0 Å². The van der Waals surface area contributed by atoms with Crippen molar-refractivity contribution in [2.75, 3.05) is 7.11 Å². The summed E-state index contributed by atoms with van der Waals surface area (Å²) >= 11 is 0. The second-order valence-electron chi connectivity index (χ2n) is 5.96. The van der Waals surface area contributed by atoms with E-state index in [0.29, 0.717) is 12.5 Å². The highest BCUT2D eigenvalue weighted by molar-refractivity contribution is 5.84. The van der Waals surface area contributed by atoms with Crippen LogP contribution in [0.2, 0.25) is 0 Å². The van der Waals surface area contributed by atoms with Crippen LogP contribution in [0.25, 0.3) is 0 Å². The number of hydrogen-bond acceptors (Lipinski definition) is 3. The van der Waals surface area contributed by atoms with E-state index in [0.717, 1.165) is 12.8 Å². The van der Waals surface area contributed by atoms with Gasteiger partial charge in [-0.15, -0.1) is 0 Å². The lowest BCUT2D eigenvalue weighted by Gasteiger charge is -2.37. The molecule has 0 aliphatic heterocycles. The number of nitrogens with two attached hydrogens (primary N) is 1. The molecule has 0 radical (unpaired) electrons. The standard InChI is InChI=1S/C13H26N2O2/c1-12(2,17-4)9-13(3,11(14)16)15-10-7-5-6-8-10/h10,15H,5-9H2,1-4H3,(H2,14,16). The van der Waals surface area contributed by atoms with Gasteiger partial charge in [-0.05, 0) is 33.6 Å². The van der Waals surface area contributed by atoms with E-state index in [1.54, 1.807) is 7.11 Å². The Morgan fingerprint density at radius 2 is 1.88 bits per heavy atom. The molecule has 1 amide bonds. The Morgan fingerprint density at radius 1 is 1.35 bits per heavy atom. The fourth-order valence-electron chi connectivity index (χ4n) is 2.65. The Balaban J connectivity index is 2.70. The number of hydrogen-bond donors (Lipinski definition) is 2. The summed E-state index contributed by atoms with van der Waals surface area (Å²) in [6.07, 6.45) is 5.33. The molecular weight excluding hydrogens is 216 g/mol. The third-order valence-corrected chi connectivity index (χ3v) is 3.75. The van der Waals surface area contributed by atoms with Crippen LogP contribution in [0.3, 0.4) is 0 Å². The maximum absolute atomic E-state index is 11.7. The Kier molecular flexibility index (Phi) is 4.55. The first-order valence-corrected chi connectivity index (χ1v) is 6.42. The molecule has 0 saturated heterocycles. The van der Waals surface area contributed by atoms with Crippen molar-refractivity contribution in [3.05, 3.63) is 0 Å². The van der Waals surface area contributed by atoms with Crippen molar-refractivity contribution in [1.29, 1.82) is 0 Å². The monoisotopic (exact) mass is 242 g/mol. The average molecular weight is 242 g/mol. The van der Waals surface area contributed by atoms with Crippen molar-refractivity contribution in [1.82, 2.24) is 5.32 Å². The van der Waals surface area contributed by atoms with Gasteiger partial charge in [0.15, 0.2) is 0 Å². The van der Waals surface area contributed by atoms with Crippen LogP contribution in [-0.4, -0.2) is 30.2 Å². The highest BCUT2D eigenvalue weighted by Gasteiger charge is 2.39. The van der Waals surface area contributed by atoms with Crippen molar-refractivity contribution >= 4 is 5.91 Å². The molecule has 0 aromatic rings. The summed E-state index contributed by atoms with van der Waals surface area (Å²) in [5, 5.41) is 3.43. The lowest BCUT2D eigenvalue weighted by Crippen LogP contribution is -2.59. The molecule has 1 unspecified atom stereocenters. The lowest BCUT2D eigenvalue weighted by molar-refractivity contribution is -0.127. The molecule has 0 aromatic heterocycles. The average Bonchev–Trinajstić information content (AvgIpc) is 2.69. The van der Waals surface area contributed by atoms with Crippen molar-refractivity contribution < 1.29 is 9.53 Å². The molecule has 3 N–H and O–H groups in total. The van der Waals surface area contributed by atoms with Gasteiger partial charge in [0.1, 0.15) is 0 Å². The van der Waals surface area contributed by atoms with Gasteiger partial charge in [-0.3, -0.25) is 4.79 Å². The van der Waals surface area contributed by atoms with E-state index >= 15 is 0 Å². The largest absolute Gasteiger partial charge is 0.379 e. The zero-order valence-corrected chi connectivity index (χ0v) is 11.5. The summed E-state index contributed by atoms with van der Waals surface area (Å²) in [5.41, 5.74) is 4.52. The van der Waals surface area contributed by atoms with Crippen molar-refractivity contribution in [3.63, 3.8) is 0 Å². The minimum absolute atomic E-state index is 0.297. The highest BCUT2D eigenvalue weighted by atomic mass is 16.5. The minimum Gasteiger partial charge on any atom is -0.379 e. The summed E-state index contributed by atoms with van der Waals surface area (Å²) in [6, 6.07) is 0.417. The number of nitrogens with one attached hydrogen (secondary N) is 1. The zero-order chi connectivity index (χ0) is 13.1. The third-order valence-electron chi connectivity index (χ3n) is 3.75. The van der Waals surface area contributed by atoms with Gasteiger partial charge in [-0.1, -0.05) is 12.8 Å². The molecule has 1 saturated carbocycles. The molecule has 1 aliphatic rings. The quantitative estimate of drug-likeness (QED) is 0.743. The first-order valence-electron chi connectivity index (χ1n) is 6.42. The van der Waals surface area contributed by atoms with E-state index in [-0.39, 0.29) is 11.5 Å². The van der Waals surface area contributed by atoms with Crippen LogP contribution in [0.15, 0.2) is 0 Å². The van der Waals surface area contributed by atoms with Crippen molar-refractivity contribution in [2.45, 2.75) is 70.1 Å². The Bertz CT molecular complexity index is 273. The van der Waals surface area contributed by atoms with Crippen LogP contribution in [0.5, 0.6) is 0 Å². The van der Waals surface area contributed by atoms with E-state index in [4.69, 9.17) is 10.5 Å². The predicted molar refractivity (Wildman–Crippen MR) is 68.7 cm³/mol. The molecule has 0 heterocycles. The van der Waals surface area contributed by atoms with Crippen molar-refractivity contribution in [3.8, 4) is 0 Å². The number of primary amides is 1. The summed E-state index contributed by atoms with van der Waals surface area (Å²) < 4.78 is 5.40. The molecule has 0 aromatic carbocycles. The molecule has 0 bridgehead atoms. The highest BCUT2D eigenvalue weighted by Crippen LogP contribution is 2.27. The summed E-state index contributed by atoms with van der Waals surface area (Å²) in [5.74, 6) is -0.297. The number of carbonyl (C=O) groups is 1. The van der Waals surface area contributed by atoms with E-state index in [2.05, 4.69) is 5.32 Å². The zero-order valence-electron chi connectivity index (χ0n) is 11.5. The number of ether oxygens (including phenoxy) is 1. The lowest BCUT2D eigenvalue weighted by atomic mass is 9.86. The third kappa shape index (κ3) is 3.96. The number of amides is 1. The van der Waals surface area contributed by atoms with Gasteiger partial charge in [-0.2, -0.15) is 0 Å². The van der Waals surface area contributed by atoms with E-state index < -0.39 is 5.54 Å². The first kappa shape index (κ1) is 14.5. The van der Waals surface area contributed by atoms with E-state index in [1.807, 2.05) is 20.8 Å². The van der Waals surface area contributed by atoms with Crippen LogP contribution in [-0.2, 0) is 9.53 Å². The molecule has 4 nitrogen and oxygen atoms in total. The molecule has 0 spiro atoms. The molecule has 17 heavy (non-hydrogen) atoms. The Hall–Kier alpha value is -0.610. The van der Waals surface area contributed by atoms with Crippen molar-refractivity contribution in [2.24, 2.45) is 5.73 Å². The number of carbonyl (C=O) groups excluding carboxylic acids is 1.